The second-order valence-corrected chi connectivity index (χ2v) is 14.8. The first-order valence-corrected chi connectivity index (χ1v) is 17.4. The molecule has 0 radical (unpaired) electrons. The number of nitrogens with one attached hydrogen (secondary N) is 2. The van der Waals surface area contributed by atoms with E-state index in [0.29, 0.717) is 44.1 Å². The van der Waals surface area contributed by atoms with E-state index in [2.05, 4.69) is 10.6 Å². The zero-order valence-corrected chi connectivity index (χ0v) is 27.9. The number of phenols is 1. The third-order valence-electron chi connectivity index (χ3n) is 11.5. The highest BCUT2D eigenvalue weighted by molar-refractivity contribution is 5.95. The number of amides is 3. The van der Waals surface area contributed by atoms with Crippen molar-refractivity contribution in [3.8, 4) is 5.75 Å². The molecule has 6 atom stereocenters. The number of rotatable bonds is 11. The van der Waals surface area contributed by atoms with E-state index < -0.39 is 59.4 Å². The van der Waals surface area contributed by atoms with E-state index >= 15 is 0 Å². The fourth-order valence-corrected chi connectivity index (χ4v) is 9.15. The van der Waals surface area contributed by atoms with Gasteiger partial charge in [-0.25, -0.2) is 4.79 Å². The lowest BCUT2D eigenvalue weighted by Crippen LogP contribution is -2.68. The number of phenolic OH excluding ortho intramolecular Hbond substituents is 1. The Morgan fingerprint density at radius 1 is 0.959 bits per heavy atom. The molecule has 5 aliphatic rings. The maximum Gasteiger partial charge on any atom is 0.336 e. The van der Waals surface area contributed by atoms with E-state index in [1.165, 1.54) is 17.0 Å². The van der Waals surface area contributed by atoms with E-state index in [1.807, 2.05) is 37.3 Å². The van der Waals surface area contributed by atoms with Crippen LogP contribution in [0, 0.1) is 23.2 Å². The van der Waals surface area contributed by atoms with Crippen LogP contribution in [-0.4, -0.2) is 76.4 Å². The van der Waals surface area contributed by atoms with Crippen molar-refractivity contribution >= 4 is 29.7 Å². The Hall–Kier alpha value is -4.29. The van der Waals surface area contributed by atoms with Gasteiger partial charge in [0.05, 0.1) is 18.0 Å². The average molecular weight is 674 g/mol. The second-order valence-electron chi connectivity index (χ2n) is 14.8. The molecule has 49 heavy (non-hydrogen) atoms. The van der Waals surface area contributed by atoms with Crippen LogP contribution in [0.5, 0.6) is 5.75 Å². The second kappa shape index (κ2) is 13.9. The Morgan fingerprint density at radius 3 is 2.29 bits per heavy atom. The minimum atomic E-state index is -1.17. The zero-order valence-electron chi connectivity index (χ0n) is 27.9. The maximum atomic E-state index is 13.8. The predicted molar refractivity (Wildman–Crippen MR) is 179 cm³/mol. The monoisotopic (exact) mass is 673 g/mol. The SMILES string of the molecule is CC1C2(N)CC3CC(C2)CC1(C(=O)OC(=O)[C@H](Cc1ccccc1)NC(=O)CNC(=O)[C@@H]1CCCN1C(=O)[C@@H](N)Cc1ccc(O)cc1)C3. The summed E-state index contributed by atoms with van der Waals surface area (Å²) in [5.74, 6) is -2.28. The van der Waals surface area contributed by atoms with Crippen molar-refractivity contribution in [3.05, 3.63) is 65.7 Å². The zero-order chi connectivity index (χ0) is 34.9. The number of carbonyl (C=O) groups excluding carboxylic acids is 5. The average Bonchev–Trinajstić information content (AvgIpc) is 3.56. The van der Waals surface area contributed by atoms with Crippen LogP contribution in [0.4, 0.5) is 0 Å². The molecule has 3 unspecified atom stereocenters. The molecular formula is C37H47N5O7. The van der Waals surface area contributed by atoms with Crippen molar-refractivity contribution in [2.75, 3.05) is 13.1 Å². The number of hydrogen-bond acceptors (Lipinski definition) is 9. The van der Waals surface area contributed by atoms with Gasteiger partial charge in [0, 0.05) is 18.5 Å². The molecule has 4 aliphatic carbocycles. The minimum absolute atomic E-state index is 0.0884. The van der Waals surface area contributed by atoms with Gasteiger partial charge in [0.15, 0.2) is 0 Å². The predicted octanol–water partition coefficient (Wildman–Crippen LogP) is 1.71. The van der Waals surface area contributed by atoms with E-state index in [4.69, 9.17) is 16.2 Å². The number of hydrogen-bond donors (Lipinski definition) is 5. The molecule has 1 heterocycles. The van der Waals surface area contributed by atoms with E-state index in [0.717, 1.165) is 30.4 Å². The molecule has 1 aliphatic heterocycles. The number of esters is 2. The summed E-state index contributed by atoms with van der Waals surface area (Å²) in [6.45, 7) is 1.92. The maximum absolute atomic E-state index is 13.8. The van der Waals surface area contributed by atoms with Gasteiger partial charge in [0.1, 0.15) is 17.8 Å². The van der Waals surface area contributed by atoms with Crippen LogP contribution in [-0.2, 0) is 41.6 Å². The van der Waals surface area contributed by atoms with E-state index in [-0.39, 0.29) is 30.4 Å². The van der Waals surface area contributed by atoms with Gasteiger partial charge in [-0.15, -0.1) is 0 Å². The summed E-state index contributed by atoms with van der Waals surface area (Å²) in [6, 6.07) is 12.7. The number of benzene rings is 2. The molecule has 1 saturated heterocycles. The molecule has 2 aromatic rings. The summed E-state index contributed by atoms with van der Waals surface area (Å²) in [6.07, 6.45) is 5.46. The van der Waals surface area contributed by atoms with Gasteiger partial charge >= 0.3 is 11.9 Å². The summed E-state index contributed by atoms with van der Waals surface area (Å²) in [7, 11) is 0. The number of nitrogens with zero attached hydrogens (tertiary/aromatic N) is 1. The largest absolute Gasteiger partial charge is 0.508 e. The molecule has 12 nitrogen and oxygen atoms in total. The summed E-state index contributed by atoms with van der Waals surface area (Å²) in [4.78, 5) is 68.4. The smallest absolute Gasteiger partial charge is 0.336 e. The molecule has 2 aromatic carbocycles. The summed E-state index contributed by atoms with van der Waals surface area (Å²) < 4.78 is 5.60. The lowest BCUT2D eigenvalue weighted by molar-refractivity contribution is -0.190. The summed E-state index contributed by atoms with van der Waals surface area (Å²) in [5.41, 5.74) is 13.3. The van der Waals surface area contributed by atoms with Crippen LogP contribution in [0.3, 0.4) is 0 Å². The van der Waals surface area contributed by atoms with Gasteiger partial charge in [-0.05, 0) is 92.4 Å². The van der Waals surface area contributed by atoms with Gasteiger partial charge in [0.2, 0.25) is 17.7 Å². The molecular weight excluding hydrogens is 626 g/mol. The molecule has 262 valence electrons. The summed E-state index contributed by atoms with van der Waals surface area (Å²) >= 11 is 0. The molecule has 5 fully saturated rings. The normalized spacial score (nSPS) is 29.6. The van der Waals surface area contributed by atoms with E-state index in [9.17, 15) is 29.1 Å². The number of ether oxygens (including phenoxy) is 1. The van der Waals surface area contributed by atoms with Crippen molar-refractivity contribution in [1.29, 1.82) is 0 Å². The van der Waals surface area contributed by atoms with Gasteiger partial charge < -0.3 is 36.8 Å². The fourth-order valence-electron chi connectivity index (χ4n) is 9.15. The Morgan fingerprint density at radius 2 is 1.61 bits per heavy atom. The van der Waals surface area contributed by atoms with Crippen LogP contribution in [0.25, 0.3) is 0 Å². The van der Waals surface area contributed by atoms with Crippen LogP contribution in [0.1, 0.15) is 63.0 Å². The topological polar surface area (TPSA) is 194 Å². The number of likely N-dealkylation sites (tertiary alicyclic amines) is 1. The quantitative estimate of drug-likeness (QED) is 0.174. The van der Waals surface area contributed by atoms with Crippen molar-refractivity contribution in [2.24, 2.45) is 34.6 Å². The molecule has 7 N–H and O–H groups in total. The Bertz CT molecular complexity index is 1570. The lowest BCUT2D eigenvalue weighted by Gasteiger charge is -2.63. The first-order valence-electron chi connectivity index (χ1n) is 17.4. The van der Waals surface area contributed by atoms with Gasteiger partial charge in [-0.2, -0.15) is 0 Å². The molecule has 12 heteroatoms. The summed E-state index contributed by atoms with van der Waals surface area (Å²) in [5, 5.41) is 14.8. The lowest BCUT2D eigenvalue weighted by atomic mass is 9.43. The number of nitrogens with two attached hydrogens (primary N) is 2. The van der Waals surface area contributed by atoms with Crippen LogP contribution in [0.15, 0.2) is 54.6 Å². The Balaban J connectivity index is 1.07. The molecule has 4 saturated carbocycles. The highest BCUT2D eigenvalue weighted by Crippen LogP contribution is 2.64. The van der Waals surface area contributed by atoms with Crippen molar-refractivity contribution in [2.45, 2.75) is 88.4 Å². The van der Waals surface area contributed by atoms with Crippen LogP contribution in [0.2, 0.25) is 0 Å². The molecule has 7 rings (SSSR count). The van der Waals surface area contributed by atoms with E-state index in [1.54, 1.807) is 12.1 Å². The third-order valence-corrected chi connectivity index (χ3v) is 11.5. The number of carbonyl (C=O) groups is 5. The molecule has 4 bridgehead atoms. The third kappa shape index (κ3) is 7.21. The highest BCUT2D eigenvalue weighted by atomic mass is 16.6. The van der Waals surface area contributed by atoms with Gasteiger partial charge in [-0.3, -0.25) is 19.2 Å². The van der Waals surface area contributed by atoms with Gasteiger partial charge in [0.25, 0.3) is 0 Å². The Labute approximate surface area is 286 Å². The standard InChI is InChI=1S/C37H47N5O7/c1-22-36(17-25-14-26(18-36)20-37(22,39)19-25)35(48)49-34(47)29(16-23-6-3-2-4-7-23)41-31(44)21-40-32(45)30-8-5-13-42(30)33(46)28(38)15-24-9-11-27(43)12-10-24/h2-4,6-7,9-12,22,25-26,28-30,43H,5,8,13-21,38-39H2,1H3,(H,40,45)(H,41,44)/t22?,25?,26?,28-,29-,30-,36?,37?/m0/s1. The highest BCUT2D eigenvalue weighted by Gasteiger charge is 2.64. The number of aromatic hydroxyl groups is 1. The molecule has 0 spiro atoms. The van der Waals surface area contributed by atoms with Gasteiger partial charge in [-0.1, -0.05) is 49.4 Å². The first-order chi connectivity index (χ1) is 23.4. The Kier molecular flexibility index (Phi) is 9.81. The molecule has 3 amide bonds. The fraction of sp³-hybridized carbons (Fsp3) is 0.541. The van der Waals surface area contributed by atoms with Crippen LogP contribution >= 0.6 is 0 Å². The van der Waals surface area contributed by atoms with Crippen molar-refractivity contribution < 1.29 is 33.8 Å². The minimum Gasteiger partial charge on any atom is -0.508 e. The van der Waals surface area contributed by atoms with Crippen molar-refractivity contribution in [1.82, 2.24) is 15.5 Å². The molecule has 0 aromatic heterocycles. The first kappa shape index (κ1) is 34.6. The van der Waals surface area contributed by atoms with Crippen LogP contribution < -0.4 is 22.1 Å². The van der Waals surface area contributed by atoms with Crippen molar-refractivity contribution in [3.63, 3.8) is 0 Å².